The third-order valence-electron chi connectivity index (χ3n) is 2.60. The Bertz CT molecular complexity index is 179. The van der Waals surface area contributed by atoms with Crippen molar-refractivity contribution in [2.75, 3.05) is 6.61 Å². The molecule has 2 bridgehead atoms. The van der Waals surface area contributed by atoms with Gasteiger partial charge in [-0.2, -0.15) is 0 Å². The maximum absolute atomic E-state index is 9.00. The minimum atomic E-state index is 0.340. The standard InChI is InChI=1S/C9H12O/c10-6-9-7-2-1-3-8(9)5-4-7/h1-2,4-5,7-10H,3,6H2/t7-,8-,9-/m0/s1. The molecule has 0 saturated heterocycles. The molecule has 54 valence electrons. The largest absolute Gasteiger partial charge is 0.396 e. The Balaban J connectivity index is 2.21. The lowest BCUT2D eigenvalue weighted by Gasteiger charge is -2.23. The average molecular weight is 136 g/mol. The molecule has 1 nitrogen and oxygen atoms in total. The van der Waals surface area contributed by atoms with Crippen molar-refractivity contribution in [2.45, 2.75) is 6.42 Å². The number of rotatable bonds is 1. The third kappa shape index (κ3) is 0.739. The van der Waals surface area contributed by atoms with Gasteiger partial charge in [-0.25, -0.2) is 0 Å². The minimum absolute atomic E-state index is 0.340. The Morgan fingerprint density at radius 2 is 2.20 bits per heavy atom. The molecule has 0 heterocycles. The van der Waals surface area contributed by atoms with E-state index in [1.807, 2.05) is 0 Å². The van der Waals surface area contributed by atoms with Crippen LogP contribution in [0.2, 0.25) is 0 Å². The molecule has 0 aromatic rings. The first kappa shape index (κ1) is 6.17. The van der Waals surface area contributed by atoms with Gasteiger partial charge in [-0.05, 0) is 18.3 Å². The molecule has 0 fully saturated rings. The predicted molar refractivity (Wildman–Crippen MR) is 40.5 cm³/mol. The Kier molecular flexibility index (Phi) is 1.38. The van der Waals surface area contributed by atoms with Crippen LogP contribution in [0.3, 0.4) is 0 Å². The summed E-state index contributed by atoms with van der Waals surface area (Å²) in [7, 11) is 0. The van der Waals surface area contributed by atoms with Gasteiger partial charge in [0.15, 0.2) is 0 Å². The van der Waals surface area contributed by atoms with Crippen molar-refractivity contribution in [1.29, 1.82) is 0 Å². The van der Waals surface area contributed by atoms with Crippen LogP contribution >= 0.6 is 0 Å². The molecule has 1 heteroatoms. The number of fused-ring (bicyclic) bond motifs is 2. The molecule has 10 heavy (non-hydrogen) atoms. The van der Waals surface area contributed by atoms with Gasteiger partial charge in [0.05, 0.1) is 0 Å². The zero-order valence-corrected chi connectivity index (χ0v) is 5.90. The van der Waals surface area contributed by atoms with Crippen molar-refractivity contribution in [3.63, 3.8) is 0 Å². The first-order chi connectivity index (χ1) is 4.92. The fourth-order valence-corrected chi connectivity index (χ4v) is 1.95. The lowest BCUT2D eigenvalue weighted by atomic mass is 9.82. The summed E-state index contributed by atoms with van der Waals surface area (Å²) in [5.74, 6) is 1.65. The van der Waals surface area contributed by atoms with Crippen LogP contribution in [0.4, 0.5) is 0 Å². The SMILES string of the molecule is OC[C@H]1[C@H]2C=CC[C@H]1C=C2. The van der Waals surface area contributed by atoms with Crippen molar-refractivity contribution in [3.8, 4) is 0 Å². The van der Waals surface area contributed by atoms with E-state index in [-0.39, 0.29) is 0 Å². The van der Waals surface area contributed by atoms with Gasteiger partial charge in [-0.15, -0.1) is 0 Å². The Labute approximate surface area is 61.1 Å². The topological polar surface area (TPSA) is 20.2 Å². The monoisotopic (exact) mass is 136 g/mol. The first-order valence-electron chi connectivity index (χ1n) is 3.87. The maximum Gasteiger partial charge on any atom is 0.0473 e. The van der Waals surface area contributed by atoms with Crippen LogP contribution < -0.4 is 0 Å². The van der Waals surface area contributed by atoms with Crippen LogP contribution in [0.1, 0.15) is 6.42 Å². The van der Waals surface area contributed by atoms with E-state index in [9.17, 15) is 0 Å². The fraction of sp³-hybridized carbons (Fsp3) is 0.556. The van der Waals surface area contributed by atoms with Gasteiger partial charge in [0.2, 0.25) is 0 Å². The van der Waals surface area contributed by atoms with Gasteiger partial charge in [0.1, 0.15) is 0 Å². The molecule has 0 aliphatic heterocycles. The molecule has 2 aliphatic rings. The molecular formula is C9H12O. The van der Waals surface area contributed by atoms with Gasteiger partial charge in [-0.3, -0.25) is 0 Å². The number of hydrogen-bond acceptors (Lipinski definition) is 1. The van der Waals surface area contributed by atoms with Gasteiger partial charge in [-0.1, -0.05) is 24.3 Å². The highest BCUT2D eigenvalue weighted by Crippen LogP contribution is 2.37. The van der Waals surface area contributed by atoms with E-state index in [2.05, 4.69) is 24.3 Å². The molecule has 1 N–H and O–H groups in total. The number of allylic oxidation sites excluding steroid dienone is 4. The van der Waals surface area contributed by atoms with Gasteiger partial charge < -0.3 is 5.11 Å². The number of aliphatic hydroxyl groups is 1. The van der Waals surface area contributed by atoms with Crippen molar-refractivity contribution in [1.82, 2.24) is 0 Å². The normalized spacial score (nSPS) is 42.7. The van der Waals surface area contributed by atoms with Gasteiger partial charge in [0.25, 0.3) is 0 Å². The highest BCUT2D eigenvalue weighted by Gasteiger charge is 2.30. The third-order valence-corrected chi connectivity index (χ3v) is 2.60. The Morgan fingerprint density at radius 1 is 1.30 bits per heavy atom. The van der Waals surface area contributed by atoms with Gasteiger partial charge in [0, 0.05) is 12.5 Å². The second-order valence-corrected chi connectivity index (χ2v) is 3.14. The number of hydrogen-bond donors (Lipinski definition) is 1. The van der Waals surface area contributed by atoms with E-state index in [1.54, 1.807) is 0 Å². The zero-order chi connectivity index (χ0) is 6.97. The lowest BCUT2D eigenvalue weighted by molar-refractivity contribution is 0.179. The first-order valence-corrected chi connectivity index (χ1v) is 3.87. The Morgan fingerprint density at radius 3 is 2.80 bits per heavy atom. The van der Waals surface area contributed by atoms with Crippen LogP contribution in [0.5, 0.6) is 0 Å². The van der Waals surface area contributed by atoms with Crippen LogP contribution in [0, 0.1) is 17.8 Å². The van der Waals surface area contributed by atoms with Gasteiger partial charge >= 0.3 is 0 Å². The van der Waals surface area contributed by atoms with E-state index in [1.165, 1.54) is 0 Å². The molecule has 0 saturated carbocycles. The minimum Gasteiger partial charge on any atom is -0.396 e. The van der Waals surface area contributed by atoms with Crippen LogP contribution in [0.15, 0.2) is 24.3 Å². The van der Waals surface area contributed by atoms with Crippen LogP contribution in [-0.4, -0.2) is 11.7 Å². The summed E-state index contributed by atoms with van der Waals surface area (Å²) in [6.45, 7) is 0.340. The summed E-state index contributed by atoms with van der Waals surface area (Å²) < 4.78 is 0. The number of aliphatic hydroxyl groups excluding tert-OH is 1. The maximum atomic E-state index is 9.00. The molecule has 3 atom stereocenters. The predicted octanol–water partition coefficient (Wildman–Crippen LogP) is 1.36. The molecule has 0 amide bonds. The van der Waals surface area contributed by atoms with E-state index < -0.39 is 0 Å². The van der Waals surface area contributed by atoms with Crippen molar-refractivity contribution >= 4 is 0 Å². The molecule has 2 rings (SSSR count). The molecule has 0 aromatic carbocycles. The summed E-state index contributed by atoms with van der Waals surface area (Å²) >= 11 is 0. The molecule has 0 radical (unpaired) electrons. The molecular weight excluding hydrogens is 124 g/mol. The zero-order valence-electron chi connectivity index (χ0n) is 5.90. The summed E-state index contributed by atoms with van der Waals surface area (Å²) in [6, 6.07) is 0. The highest BCUT2D eigenvalue weighted by molar-refractivity contribution is 5.18. The smallest absolute Gasteiger partial charge is 0.0473 e. The van der Waals surface area contributed by atoms with Crippen LogP contribution in [-0.2, 0) is 0 Å². The molecule has 0 aromatic heterocycles. The fourth-order valence-electron chi connectivity index (χ4n) is 1.95. The molecule has 0 spiro atoms. The van der Waals surface area contributed by atoms with Crippen molar-refractivity contribution in [3.05, 3.63) is 24.3 Å². The van der Waals surface area contributed by atoms with E-state index in [0.29, 0.717) is 24.4 Å². The average Bonchev–Trinajstić information content (AvgIpc) is 2.19. The molecule has 0 unspecified atom stereocenters. The second-order valence-electron chi connectivity index (χ2n) is 3.14. The summed E-state index contributed by atoms with van der Waals surface area (Å²) in [5.41, 5.74) is 0. The van der Waals surface area contributed by atoms with Crippen molar-refractivity contribution < 1.29 is 5.11 Å². The lowest BCUT2D eigenvalue weighted by Crippen LogP contribution is -2.21. The van der Waals surface area contributed by atoms with Crippen LogP contribution in [0.25, 0.3) is 0 Å². The van der Waals surface area contributed by atoms with Crippen molar-refractivity contribution in [2.24, 2.45) is 17.8 Å². The quantitative estimate of drug-likeness (QED) is 0.539. The van der Waals surface area contributed by atoms with E-state index in [4.69, 9.17) is 5.11 Å². The summed E-state index contributed by atoms with van der Waals surface area (Å²) in [4.78, 5) is 0. The Hall–Kier alpha value is -0.560. The summed E-state index contributed by atoms with van der Waals surface area (Å²) in [6.07, 6.45) is 10.0. The highest BCUT2D eigenvalue weighted by atomic mass is 16.3. The molecule has 2 aliphatic carbocycles. The van der Waals surface area contributed by atoms with E-state index >= 15 is 0 Å². The summed E-state index contributed by atoms with van der Waals surface area (Å²) in [5, 5.41) is 9.00. The van der Waals surface area contributed by atoms with E-state index in [0.717, 1.165) is 6.42 Å². The second kappa shape index (κ2) is 2.24.